The number of para-hydroxylation sites is 1. The fourth-order valence-electron chi connectivity index (χ4n) is 3.51. The van der Waals surface area contributed by atoms with Crippen molar-refractivity contribution in [2.24, 2.45) is 0 Å². The molecular formula is C18H19FN4O3. The van der Waals surface area contributed by atoms with Crippen molar-refractivity contribution in [3.8, 4) is 5.69 Å². The summed E-state index contributed by atoms with van der Waals surface area (Å²) >= 11 is 0. The molecule has 0 N–H and O–H groups in total. The van der Waals surface area contributed by atoms with Crippen molar-refractivity contribution in [1.29, 1.82) is 0 Å². The molecule has 8 heteroatoms. The first kappa shape index (κ1) is 16.9. The second kappa shape index (κ2) is 6.62. The molecule has 0 bridgehead atoms. The van der Waals surface area contributed by atoms with Crippen molar-refractivity contribution in [1.82, 2.24) is 19.6 Å². The van der Waals surface area contributed by atoms with E-state index in [1.54, 1.807) is 11.0 Å². The number of carbonyl (C=O) groups is 1. The van der Waals surface area contributed by atoms with Gasteiger partial charge in [-0.1, -0.05) is 12.1 Å². The highest BCUT2D eigenvalue weighted by molar-refractivity contribution is 5.92. The Morgan fingerprint density at radius 2 is 2.04 bits per heavy atom. The van der Waals surface area contributed by atoms with Gasteiger partial charge in [-0.15, -0.1) is 0 Å². The molecule has 26 heavy (non-hydrogen) atoms. The third kappa shape index (κ3) is 2.91. The number of aromatic nitrogens is 2. The lowest BCUT2D eigenvalue weighted by atomic mass is 10.1. The van der Waals surface area contributed by atoms with Crippen molar-refractivity contribution in [3.05, 3.63) is 58.3 Å². The highest BCUT2D eigenvalue weighted by Crippen LogP contribution is 2.22. The smallest absolute Gasteiger partial charge is 0.274 e. The fourth-order valence-corrected chi connectivity index (χ4v) is 3.51. The van der Waals surface area contributed by atoms with Crippen LogP contribution in [-0.4, -0.2) is 70.9 Å². The van der Waals surface area contributed by atoms with E-state index in [9.17, 15) is 14.0 Å². The van der Waals surface area contributed by atoms with Gasteiger partial charge >= 0.3 is 0 Å². The molecule has 0 saturated carbocycles. The summed E-state index contributed by atoms with van der Waals surface area (Å²) in [5.41, 5.74) is -0.371. The molecule has 3 heterocycles. The minimum Gasteiger partial charge on any atom is -0.373 e. The van der Waals surface area contributed by atoms with Crippen LogP contribution in [0.3, 0.4) is 0 Å². The van der Waals surface area contributed by atoms with E-state index in [1.807, 2.05) is 7.05 Å². The average Bonchev–Trinajstić information content (AvgIpc) is 3.08. The van der Waals surface area contributed by atoms with Gasteiger partial charge in [0.2, 0.25) is 0 Å². The second-order valence-electron chi connectivity index (χ2n) is 6.59. The molecule has 0 aliphatic carbocycles. The maximum atomic E-state index is 14.0. The number of fused-ring (bicyclic) bond motifs is 1. The third-order valence-corrected chi connectivity index (χ3v) is 4.97. The van der Waals surface area contributed by atoms with E-state index in [2.05, 4.69) is 10.00 Å². The van der Waals surface area contributed by atoms with Gasteiger partial charge in [0.1, 0.15) is 17.2 Å². The standard InChI is InChI=1S/C18H19FN4O3/c1-21-8-9-26-16-11-22(10-15(16)21)18(25)13-6-7-17(24)23(20-13)14-5-3-2-4-12(14)19/h2-7,15-16H,8-11H2,1H3/t15-,16+/m0/s1. The number of rotatable bonds is 2. The Morgan fingerprint density at radius 1 is 1.23 bits per heavy atom. The van der Waals surface area contributed by atoms with Crippen LogP contribution in [0, 0.1) is 5.82 Å². The predicted octanol–water partition coefficient (Wildman–Crippen LogP) is 0.527. The Labute approximate surface area is 149 Å². The van der Waals surface area contributed by atoms with Gasteiger partial charge in [-0.2, -0.15) is 9.78 Å². The summed E-state index contributed by atoms with van der Waals surface area (Å²) in [4.78, 5) is 28.8. The number of likely N-dealkylation sites (tertiary alicyclic amines) is 1. The van der Waals surface area contributed by atoms with E-state index in [4.69, 9.17) is 4.74 Å². The zero-order valence-corrected chi connectivity index (χ0v) is 14.3. The maximum Gasteiger partial charge on any atom is 0.274 e. The van der Waals surface area contributed by atoms with E-state index in [0.29, 0.717) is 19.7 Å². The molecule has 2 atom stereocenters. The van der Waals surface area contributed by atoms with Crippen LogP contribution in [0.15, 0.2) is 41.2 Å². The van der Waals surface area contributed by atoms with Crippen LogP contribution in [0.5, 0.6) is 0 Å². The molecular weight excluding hydrogens is 339 g/mol. The number of likely N-dealkylation sites (N-methyl/N-ethyl adjacent to an activating group) is 1. The molecule has 0 spiro atoms. The number of halogens is 1. The molecule has 1 aromatic heterocycles. The Kier molecular flexibility index (Phi) is 4.29. The van der Waals surface area contributed by atoms with Crippen molar-refractivity contribution in [3.63, 3.8) is 0 Å². The van der Waals surface area contributed by atoms with Gasteiger partial charge in [-0.3, -0.25) is 14.5 Å². The van der Waals surface area contributed by atoms with Crippen molar-refractivity contribution < 1.29 is 13.9 Å². The summed E-state index contributed by atoms with van der Waals surface area (Å²) in [6, 6.07) is 8.61. The number of carbonyl (C=O) groups excluding carboxylic acids is 1. The van der Waals surface area contributed by atoms with Crippen LogP contribution in [-0.2, 0) is 4.74 Å². The van der Waals surface area contributed by atoms with Crippen molar-refractivity contribution in [2.75, 3.05) is 33.3 Å². The summed E-state index contributed by atoms with van der Waals surface area (Å²) in [5.74, 6) is -0.865. The zero-order valence-electron chi connectivity index (χ0n) is 14.3. The fraction of sp³-hybridized carbons (Fsp3) is 0.389. The Morgan fingerprint density at radius 3 is 2.81 bits per heavy atom. The quantitative estimate of drug-likeness (QED) is 0.783. The summed E-state index contributed by atoms with van der Waals surface area (Å²) in [6.07, 6.45) is -0.0184. The number of hydrogen-bond acceptors (Lipinski definition) is 5. The minimum absolute atomic E-state index is 0.0184. The Hall–Kier alpha value is -2.58. The largest absolute Gasteiger partial charge is 0.373 e. The van der Waals surface area contributed by atoms with Crippen molar-refractivity contribution >= 4 is 5.91 Å². The highest BCUT2D eigenvalue weighted by atomic mass is 19.1. The van der Waals surface area contributed by atoms with E-state index in [-0.39, 0.29) is 29.4 Å². The maximum absolute atomic E-state index is 14.0. The van der Waals surface area contributed by atoms with Gasteiger partial charge in [-0.05, 0) is 25.2 Å². The van der Waals surface area contributed by atoms with Gasteiger partial charge in [0, 0.05) is 25.7 Å². The molecule has 4 rings (SSSR count). The van der Waals surface area contributed by atoms with Crippen LogP contribution in [0.2, 0.25) is 0 Å². The van der Waals surface area contributed by atoms with Crippen LogP contribution in [0.1, 0.15) is 10.5 Å². The number of morpholine rings is 1. The normalized spacial score (nSPS) is 23.1. The lowest BCUT2D eigenvalue weighted by molar-refractivity contribution is -0.0368. The molecule has 0 radical (unpaired) electrons. The number of benzene rings is 1. The van der Waals surface area contributed by atoms with Gasteiger partial charge in [0.05, 0.1) is 18.8 Å². The summed E-state index contributed by atoms with van der Waals surface area (Å²) in [5, 5.41) is 4.10. The SMILES string of the molecule is CN1CCO[C@@H]2CN(C(=O)c3ccc(=O)n(-c4ccccc4F)n3)C[C@@H]21. The molecule has 2 saturated heterocycles. The highest BCUT2D eigenvalue weighted by Gasteiger charge is 2.40. The van der Waals surface area contributed by atoms with Crippen LogP contribution in [0.4, 0.5) is 4.39 Å². The number of nitrogens with zero attached hydrogens (tertiary/aromatic N) is 4. The van der Waals surface area contributed by atoms with Crippen LogP contribution >= 0.6 is 0 Å². The van der Waals surface area contributed by atoms with E-state index in [1.165, 1.54) is 30.3 Å². The van der Waals surface area contributed by atoms with Gasteiger partial charge in [0.15, 0.2) is 0 Å². The topological polar surface area (TPSA) is 67.7 Å². The van der Waals surface area contributed by atoms with E-state index in [0.717, 1.165) is 11.2 Å². The lowest BCUT2D eigenvalue weighted by Gasteiger charge is -2.33. The number of amides is 1. The summed E-state index contributed by atoms with van der Waals surface area (Å²) in [6.45, 7) is 2.50. The first-order chi connectivity index (χ1) is 12.5. The van der Waals surface area contributed by atoms with Crippen LogP contribution in [0.25, 0.3) is 5.69 Å². The second-order valence-corrected chi connectivity index (χ2v) is 6.59. The van der Waals surface area contributed by atoms with Gasteiger partial charge in [0.25, 0.3) is 11.5 Å². The third-order valence-electron chi connectivity index (χ3n) is 4.97. The van der Waals surface area contributed by atoms with E-state index >= 15 is 0 Å². The molecule has 1 amide bonds. The number of ether oxygens (including phenoxy) is 1. The average molecular weight is 358 g/mol. The minimum atomic E-state index is -0.575. The molecule has 2 aliphatic rings. The van der Waals surface area contributed by atoms with Crippen LogP contribution < -0.4 is 5.56 Å². The Bertz CT molecular complexity index is 900. The summed E-state index contributed by atoms with van der Waals surface area (Å²) in [7, 11) is 2.02. The van der Waals surface area contributed by atoms with Crippen molar-refractivity contribution in [2.45, 2.75) is 12.1 Å². The predicted molar refractivity (Wildman–Crippen MR) is 91.9 cm³/mol. The molecule has 2 aromatic rings. The molecule has 2 fully saturated rings. The van der Waals surface area contributed by atoms with Gasteiger partial charge in [-0.25, -0.2) is 4.39 Å². The Balaban J connectivity index is 1.63. The lowest BCUT2D eigenvalue weighted by Crippen LogP contribution is -2.48. The molecule has 0 unspecified atom stereocenters. The monoisotopic (exact) mass is 358 g/mol. The summed E-state index contributed by atoms with van der Waals surface area (Å²) < 4.78 is 20.7. The first-order valence-corrected chi connectivity index (χ1v) is 8.51. The molecule has 2 aliphatic heterocycles. The first-order valence-electron chi connectivity index (χ1n) is 8.51. The number of hydrogen-bond donors (Lipinski definition) is 0. The molecule has 7 nitrogen and oxygen atoms in total. The molecule has 1 aromatic carbocycles. The van der Waals surface area contributed by atoms with E-state index < -0.39 is 11.4 Å². The van der Waals surface area contributed by atoms with Gasteiger partial charge < -0.3 is 9.64 Å². The molecule has 136 valence electrons. The zero-order chi connectivity index (χ0) is 18.3.